The van der Waals surface area contributed by atoms with Crippen molar-refractivity contribution in [2.24, 2.45) is 5.16 Å². The summed E-state index contributed by atoms with van der Waals surface area (Å²) in [5, 5.41) is 10.4. The molecular weight excluding hydrogens is 148 g/mol. The normalized spacial score (nSPS) is 10.0. The lowest BCUT2D eigenvalue weighted by atomic mass is 10.3. The molecule has 1 amide bonds. The molecule has 0 aromatic heterocycles. The topological polar surface area (TPSA) is 70.0 Å². The van der Waals surface area contributed by atoms with E-state index in [1.165, 1.54) is 4.90 Å². The van der Waals surface area contributed by atoms with E-state index in [1.807, 2.05) is 0 Å². The first-order valence-electron chi connectivity index (χ1n) is 2.98. The Bertz CT molecular complexity index is 186. The summed E-state index contributed by atoms with van der Waals surface area (Å²) in [5.74, 6) is -0.818. The van der Waals surface area contributed by atoms with Crippen LogP contribution in [0.4, 0.5) is 0 Å². The summed E-state index contributed by atoms with van der Waals surface area (Å²) < 4.78 is 0. The smallest absolute Gasteiger partial charge is 0.229 e. The fraction of sp³-hybridized carbons (Fsp3) is 0.500. The van der Waals surface area contributed by atoms with Crippen LogP contribution in [0.2, 0.25) is 0 Å². The predicted molar refractivity (Wildman–Crippen MR) is 38.6 cm³/mol. The first-order chi connectivity index (χ1) is 5.07. The third kappa shape index (κ3) is 4.07. The summed E-state index contributed by atoms with van der Waals surface area (Å²) in [4.78, 5) is 22.7. The molecule has 0 rings (SSSR count). The number of carbonyl (C=O) groups is 2. The first kappa shape index (κ1) is 9.61. The lowest BCUT2D eigenvalue weighted by Crippen LogP contribution is -2.24. The standard InChI is InChI=1S/C6H10N2O3/c1-8(2)6(10)3-5(9)4-7-11/h4,11H,3H2,1-2H3/b7-4+. The van der Waals surface area contributed by atoms with Crippen molar-refractivity contribution >= 4 is 17.9 Å². The molecule has 11 heavy (non-hydrogen) atoms. The molecule has 0 bridgehead atoms. The Kier molecular flexibility index (Phi) is 3.87. The minimum absolute atomic E-state index is 0.253. The second kappa shape index (κ2) is 4.43. The van der Waals surface area contributed by atoms with Gasteiger partial charge in [-0.25, -0.2) is 0 Å². The average Bonchev–Trinajstić information content (AvgIpc) is 1.87. The SMILES string of the molecule is CN(C)C(=O)CC(=O)/C=N/O. The molecule has 5 heteroatoms. The number of oxime groups is 1. The number of carbonyl (C=O) groups excluding carboxylic acids is 2. The molecule has 0 unspecified atom stereocenters. The maximum Gasteiger partial charge on any atom is 0.229 e. The minimum atomic E-state index is -0.508. The molecule has 0 spiro atoms. The summed E-state index contributed by atoms with van der Waals surface area (Å²) in [6.07, 6.45) is 0.457. The predicted octanol–water partition coefficient (Wildman–Crippen LogP) is -0.506. The number of hydrogen-bond donors (Lipinski definition) is 1. The van der Waals surface area contributed by atoms with Crippen LogP contribution in [0.15, 0.2) is 5.16 Å². The van der Waals surface area contributed by atoms with Gasteiger partial charge in [-0.15, -0.1) is 0 Å². The number of nitrogens with zero attached hydrogens (tertiary/aromatic N) is 2. The van der Waals surface area contributed by atoms with Gasteiger partial charge in [0.2, 0.25) is 5.91 Å². The maximum atomic E-state index is 10.8. The zero-order chi connectivity index (χ0) is 8.85. The van der Waals surface area contributed by atoms with Gasteiger partial charge in [0.05, 0.1) is 6.42 Å². The van der Waals surface area contributed by atoms with E-state index in [-0.39, 0.29) is 12.3 Å². The molecule has 0 radical (unpaired) electrons. The van der Waals surface area contributed by atoms with Crippen LogP contribution in [0.1, 0.15) is 6.42 Å². The van der Waals surface area contributed by atoms with E-state index in [1.54, 1.807) is 14.1 Å². The van der Waals surface area contributed by atoms with Crippen molar-refractivity contribution in [2.75, 3.05) is 14.1 Å². The highest BCUT2D eigenvalue weighted by Crippen LogP contribution is 1.86. The van der Waals surface area contributed by atoms with E-state index in [9.17, 15) is 9.59 Å². The van der Waals surface area contributed by atoms with Crippen molar-refractivity contribution in [1.29, 1.82) is 0 Å². The molecule has 0 aliphatic rings. The van der Waals surface area contributed by atoms with Gasteiger partial charge in [-0.1, -0.05) is 5.16 Å². The number of amides is 1. The molecule has 0 aromatic carbocycles. The highest BCUT2D eigenvalue weighted by molar-refractivity contribution is 6.31. The van der Waals surface area contributed by atoms with Gasteiger partial charge in [-0.2, -0.15) is 0 Å². The average molecular weight is 158 g/mol. The van der Waals surface area contributed by atoms with Crippen LogP contribution in [-0.4, -0.2) is 42.1 Å². The second-order valence-electron chi connectivity index (χ2n) is 2.18. The minimum Gasteiger partial charge on any atom is -0.411 e. The molecule has 1 N–H and O–H groups in total. The molecule has 0 atom stereocenters. The Labute approximate surface area is 64.3 Å². The summed E-state index contributed by atoms with van der Waals surface area (Å²) in [6.45, 7) is 0. The monoisotopic (exact) mass is 158 g/mol. The van der Waals surface area contributed by atoms with Gasteiger partial charge in [0.15, 0.2) is 5.78 Å². The summed E-state index contributed by atoms with van der Waals surface area (Å²) in [6, 6.07) is 0. The van der Waals surface area contributed by atoms with Crippen molar-refractivity contribution in [1.82, 2.24) is 4.90 Å². The van der Waals surface area contributed by atoms with Crippen LogP contribution in [0.25, 0.3) is 0 Å². The van der Waals surface area contributed by atoms with E-state index in [4.69, 9.17) is 5.21 Å². The Hall–Kier alpha value is -1.39. The zero-order valence-electron chi connectivity index (χ0n) is 6.44. The zero-order valence-corrected chi connectivity index (χ0v) is 6.44. The summed E-state index contributed by atoms with van der Waals surface area (Å²) in [5.41, 5.74) is 0. The molecule has 0 heterocycles. The number of rotatable bonds is 3. The van der Waals surface area contributed by atoms with E-state index in [0.29, 0.717) is 6.21 Å². The molecule has 0 aliphatic carbocycles. The molecule has 0 aliphatic heterocycles. The highest BCUT2D eigenvalue weighted by atomic mass is 16.4. The van der Waals surface area contributed by atoms with Gasteiger partial charge in [0, 0.05) is 14.1 Å². The maximum absolute atomic E-state index is 10.8. The lowest BCUT2D eigenvalue weighted by molar-refractivity contribution is -0.131. The van der Waals surface area contributed by atoms with Crippen molar-refractivity contribution in [3.05, 3.63) is 0 Å². The highest BCUT2D eigenvalue weighted by Gasteiger charge is 2.08. The van der Waals surface area contributed by atoms with Crippen molar-refractivity contribution in [3.63, 3.8) is 0 Å². The van der Waals surface area contributed by atoms with E-state index in [0.717, 1.165) is 0 Å². The Balaban J connectivity index is 3.86. The van der Waals surface area contributed by atoms with Crippen LogP contribution in [0.5, 0.6) is 0 Å². The largest absolute Gasteiger partial charge is 0.411 e. The lowest BCUT2D eigenvalue weighted by Gasteiger charge is -2.06. The van der Waals surface area contributed by atoms with E-state index >= 15 is 0 Å². The fourth-order valence-electron chi connectivity index (χ4n) is 0.417. The Morgan fingerprint density at radius 1 is 1.55 bits per heavy atom. The van der Waals surface area contributed by atoms with Crippen LogP contribution in [0, 0.1) is 0 Å². The summed E-state index contributed by atoms with van der Waals surface area (Å²) >= 11 is 0. The van der Waals surface area contributed by atoms with Gasteiger partial charge in [0.1, 0.15) is 6.21 Å². The number of hydrogen-bond acceptors (Lipinski definition) is 4. The van der Waals surface area contributed by atoms with Gasteiger partial charge in [-0.3, -0.25) is 9.59 Å². The van der Waals surface area contributed by atoms with Crippen molar-refractivity contribution in [2.45, 2.75) is 6.42 Å². The first-order valence-corrected chi connectivity index (χ1v) is 2.98. The molecule has 0 saturated heterocycles. The third-order valence-electron chi connectivity index (χ3n) is 1.03. The molecule has 62 valence electrons. The number of ketones is 1. The quantitative estimate of drug-likeness (QED) is 0.260. The van der Waals surface area contributed by atoms with Crippen molar-refractivity contribution in [3.8, 4) is 0 Å². The van der Waals surface area contributed by atoms with Crippen LogP contribution < -0.4 is 0 Å². The van der Waals surface area contributed by atoms with Crippen LogP contribution >= 0.6 is 0 Å². The Morgan fingerprint density at radius 2 is 2.09 bits per heavy atom. The van der Waals surface area contributed by atoms with Crippen molar-refractivity contribution < 1.29 is 14.8 Å². The van der Waals surface area contributed by atoms with Crippen LogP contribution in [-0.2, 0) is 9.59 Å². The van der Waals surface area contributed by atoms with Gasteiger partial charge < -0.3 is 10.1 Å². The van der Waals surface area contributed by atoms with Crippen LogP contribution in [0.3, 0.4) is 0 Å². The van der Waals surface area contributed by atoms with E-state index in [2.05, 4.69) is 5.16 Å². The molecule has 0 fully saturated rings. The second-order valence-corrected chi connectivity index (χ2v) is 2.18. The van der Waals surface area contributed by atoms with E-state index < -0.39 is 5.78 Å². The molecule has 0 saturated carbocycles. The van der Waals surface area contributed by atoms with Gasteiger partial charge in [0.25, 0.3) is 0 Å². The number of Topliss-reactive ketones (excluding diaryl/α,β-unsaturated/α-hetero) is 1. The summed E-state index contributed by atoms with van der Waals surface area (Å²) in [7, 11) is 3.09. The molecule has 5 nitrogen and oxygen atoms in total. The fourth-order valence-corrected chi connectivity index (χ4v) is 0.417. The molecule has 0 aromatic rings. The third-order valence-corrected chi connectivity index (χ3v) is 1.03. The van der Waals surface area contributed by atoms with Gasteiger partial charge in [-0.05, 0) is 0 Å². The van der Waals surface area contributed by atoms with Gasteiger partial charge >= 0.3 is 0 Å². The Morgan fingerprint density at radius 3 is 2.45 bits per heavy atom. The molecular formula is C6H10N2O3.